The minimum Gasteiger partial charge on any atom is -0.461 e. The lowest BCUT2D eigenvalue weighted by atomic mass is 9.98. The van der Waals surface area contributed by atoms with Gasteiger partial charge in [-0.3, -0.25) is 9.59 Å². The van der Waals surface area contributed by atoms with Gasteiger partial charge in [-0.15, -0.1) is 0 Å². The van der Waals surface area contributed by atoms with Crippen LogP contribution in [0, 0.1) is 5.92 Å². The Hall–Kier alpha value is -6.27. The molecule has 1 heterocycles. The minimum absolute atomic E-state index is 0.0448. The van der Waals surface area contributed by atoms with Crippen LogP contribution in [-0.4, -0.2) is 72.9 Å². The minimum atomic E-state index is -1.42. The molecule has 1 aliphatic carbocycles. The largest absolute Gasteiger partial charge is 0.461 e. The average molecular weight is 774 g/mol. The number of allylic oxidation sites excluding steroid dienone is 2. The summed E-state index contributed by atoms with van der Waals surface area (Å²) in [6.45, 7) is -0.936. The number of hydrogen-bond acceptors (Lipinski definition) is 9. The summed E-state index contributed by atoms with van der Waals surface area (Å²) in [4.78, 5) is 67.0. The van der Waals surface area contributed by atoms with E-state index in [4.69, 9.17) is 14.2 Å². The number of amides is 3. The van der Waals surface area contributed by atoms with Crippen molar-refractivity contribution < 1.29 is 43.3 Å². The molecular weight excluding hydrogens is 727 g/mol. The van der Waals surface area contributed by atoms with Crippen LogP contribution in [0.1, 0.15) is 53.9 Å². The smallest absolute Gasteiger partial charge is 0.407 e. The maximum absolute atomic E-state index is 13.7. The number of cyclic esters (lactones) is 1. The second-order valence-corrected chi connectivity index (χ2v) is 14.1. The summed E-state index contributed by atoms with van der Waals surface area (Å²) in [5.41, 5.74) is 5.88. The first-order valence-corrected chi connectivity index (χ1v) is 19.2. The molecule has 0 bridgehead atoms. The summed E-state index contributed by atoms with van der Waals surface area (Å²) in [6, 6.07) is 31.1. The van der Waals surface area contributed by atoms with Gasteiger partial charge in [-0.05, 0) is 59.1 Å². The van der Waals surface area contributed by atoms with Crippen LogP contribution in [0.3, 0.4) is 0 Å². The lowest BCUT2D eigenvalue weighted by Crippen LogP contribution is -2.49. The Morgan fingerprint density at radius 3 is 2.11 bits per heavy atom. The number of carbonyl (C=O) groups excluding carboxylic acids is 5. The van der Waals surface area contributed by atoms with Crippen molar-refractivity contribution in [1.82, 2.24) is 16.0 Å². The number of alkyl carbamates (subject to hydrolysis) is 1. The van der Waals surface area contributed by atoms with Crippen LogP contribution in [-0.2, 0) is 46.4 Å². The van der Waals surface area contributed by atoms with Gasteiger partial charge in [0.25, 0.3) is 0 Å². The Morgan fingerprint density at radius 1 is 0.807 bits per heavy atom. The highest BCUT2D eigenvalue weighted by Gasteiger charge is 2.33. The zero-order valence-electron chi connectivity index (χ0n) is 31.5. The van der Waals surface area contributed by atoms with E-state index in [1.165, 1.54) is 0 Å². The molecule has 57 heavy (non-hydrogen) atoms. The number of ether oxygens (including phenoxy) is 3. The quantitative estimate of drug-likeness (QED) is 0.0867. The monoisotopic (exact) mass is 773 g/mol. The SMILES string of the molecule is O=C(C[C@H]1CC=CCC[C@H](NC(=O)OCC2c3ccccc3-c3ccccc32)C(=O)OC[C@H](C(=O)OCc2ccccc2)NC1=O)N[C@@H](CO)Cc1ccccc1. The highest BCUT2D eigenvalue weighted by molar-refractivity contribution is 5.90. The molecule has 4 aromatic carbocycles. The Bertz CT molecular complexity index is 1990. The van der Waals surface area contributed by atoms with E-state index in [9.17, 15) is 29.1 Å². The second kappa shape index (κ2) is 20.1. The summed E-state index contributed by atoms with van der Waals surface area (Å²) in [5, 5.41) is 18.1. The molecule has 0 unspecified atom stereocenters. The molecule has 0 fully saturated rings. The molecule has 0 saturated heterocycles. The first-order chi connectivity index (χ1) is 27.8. The Labute approximate surface area is 331 Å². The molecule has 0 spiro atoms. The van der Waals surface area contributed by atoms with Crippen molar-refractivity contribution in [2.75, 3.05) is 19.8 Å². The molecule has 12 heteroatoms. The highest BCUT2D eigenvalue weighted by atomic mass is 16.6. The lowest BCUT2D eigenvalue weighted by Gasteiger charge is -2.23. The molecule has 12 nitrogen and oxygen atoms in total. The molecule has 4 atom stereocenters. The molecule has 6 rings (SSSR count). The summed E-state index contributed by atoms with van der Waals surface area (Å²) in [5.74, 6) is -3.84. The van der Waals surface area contributed by atoms with Gasteiger partial charge in [-0.1, -0.05) is 121 Å². The molecule has 0 saturated carbocycles. The van der Waals surface area contributed by atoms with Crippen molar-refractivity contribution in [2.45, 2.75) is 62.8 Å². The van der Waals surface area contributed by atoms with Gasteiger partial charge in [0.1, 0.15) is 25.9 Å². The number of esters is 2. The van der Waals surface area contributed by atoms with Gasteiger partial charge in [0, 0.05) is 12.3 Å². The number of rotatable bonds is 12. The van der Waals surface area contributed by atoms with E-state index in [0.717, 1.165) is 27.8 Å². The number of fused-ring (bicyclic) bond motifs is 3. The van der Waals surface area contributed by atoms with E-state index in [0.29, 0.717) is 18.4 Å². The van der Waals surface area contributed by atoms with Crippen LogP contribution >= 0.6 is 0 Å². The summed E-state index contributed by atoms with van der Waals surface area (Å²) >= 11 is 0. The number of hydrogen-bond donors (Lipinski definition) is 4. The van der Waals surface area contributed by atoms with Crippen LogP contribution in [0.4, 0.5) is 4.79 Å². The van der Waals surface area contributed by atoms with Crippen molar-refractivity contribution in [2.24, 2.45) is 5.92 Å². The van der Waals surface area contributed by atoms with E-state index in [2.05, 4.69) is 16.0 Å². The topological polar surface area (TPSA) is 169 Å². The molecule has 0 aromatic heterocycles. The number of carbonyl (C=O) groups is 5. The van der Waals surface area contributed by atoms with Gasteiger partial charge in [0.15, 0.2) is 6.04 Å². The van der Waals surface area contributed by atoms with Crippen molar-refractivity contribution in [3.63, 3.8) is 0 Å². The van der Waals surface area contributed by atoms with E-state index in [-0.39, 0.29) is 45.0 Å². The Morgan fingerprint density at radius 2 is 1.44 bits per heavy atom. The average Bonchev–Trinajstić information content (AvgIpc) is 3.56. The van der Waals surface area contributed by atoms with Gasteiger partial charge in [0.2, 0.25) is 11.8 Å². The van der Waals surface area contributed by atoms with Crippen LogP contribution < -0.4 is 16.0 Å². The summed E-state index contributed by atoms with van der Waals surface area (Å²) in [6.07, 6.45) is 3.41. The number of aliphatic hydroxyl groups excluding tert-OH is 1. The van der Waals surface area contributed by atoms with Gasteiger partial charge in [-0.2, -0.15) is 0 Å². The second-order valence-electron chi connectivity index (χ2n) is 14.1. The fraction of sp³-hybridized carbons (Fsp3) is 0.311. The third-order valence-corrected chi connectivity index (χ3v) is 10.1. The normalized spacial score (nSPS) is 18.9. The lowest BCUT2D eigenvalue weighted by molar-refractivity contribution is -0.156. The summed E-state index contributed by atoms with van der Waals surface area (Å²) < 4.78 is 16.8. The number of benzene rings is 4. The van der Waals surface area contributed by atoms with Crippen molar-refractivity contribution in [1.29, 1.82) is 0 Å². The zero-order valence-corrected chi connectivity index (χ0v) is 31.5. The Balaban J connectivity index is 1.12. The third-order valence-electron chi connectivity index (χ3n) is 10.1. The van der Waals surface area contributed by atoms with Crippen LogP contribution in [0.2, 0.25) is 0 Å². The van der Waals surface area contributed by atoms with E-state index < -0.39 is 60.5 Å². The molecule has 4 N–H and O–H groups in total. The summed E-state index contributed by atoms with van der Waals surface area (Å²) in [7, 11) is 0. The molecule has 1 aliphatic heterocycles. The molecule has 0 radical (unpaired) electrons. The molecular formula is C45H47N3O9. The van der Waals surface area contributed by atoms with E-state index >= 15 is 0 Å². The fourth-order valence-corrected chi connectivity index (χ4v) is 7.08. The van der Waals surface area contributed by atoms with Crippen LogP contribution in [0.25, 0.3) is 11.1 Å². The Kier molecular flexibility index (Phi) is 14.2. The van der Waals surface area contributed by atoms with Gasteiger partial charge >= 0.3 is 18.0 Å². The van der Waals surface area contributed by atoms with E-state index in [1.54, 1.807) is 36.4 Å². The predicted octanol–water partition coefficient (Wildman–Crippen LogP) is 5.13. The first-order valence-electron chi connectivity index (χ1n) is 19.2. The van der Waals surface area contributed by atoms with Gasteiger partial charge < -0.3 is 35.3 Å². The number of aliphatic hydroxyl groups is 1. The molecule has 4 aromatic rings. The van der Waals surface area contributed by atoms with Crippen LogP contribution in [0.5, 0.6) is 0 Å². The maximum Gasteiger partial charge on any atom is 0.407 e. The third kappa shape index (κ3) is 11.2. The highest BCUT2D eigenvalue weighted by Crippen LogP contribution is 2.44. The molecule has 2 aliphatic rings. The van der Waals surface area contributed by atoms with Crippen LogP contribution in [0.15, 0.2) is 121 Å². The standard InChI is InChI=1S/C45H47N3O9/c49-26-33(24-30-14-4-1-5-15-30)46-41(50)25-32-18-8-3-9-23-39(43(52)56-29-40(47-42(32)51)44(53)55-27-31-16-6-2-7-17-31)48-45(54)57-28-38-36-21-12-10-19-34(36)35-20-11-13-22-37(35)38/h1-8,10-17,19-22,32-33,38-40,49H,9,18,23-29H2,(H,46,50)(H,47,51)(H,48,54)/t32-,33-,39+,40-/m1/s1. The molecule has 296 valence electrons. The van der Waals surface area contributed by atoms with Crippen molar-refractivity contribution in [3.05, 3.63) is 144 Å². The van der Waals surface area contributed by atoms with E-state index in [1.807, 2.05) is 84.9 Å². The maximum atomic E-state index is 13.7. The number of nitrogens with one attached hydrogen (secondary N) is 3. The molecule has 3 amide bonds. The fourth-order valence-electron chi connectivity index (χ4n) is 7.08. The van der Waals surface area contributed by atoms with Gasteiger partial charge in [0.05, 0.1) is 18.6 Å². The van der Waals surface area contributed by atoms with Crippen molar-refractivity contribution in [3.8, 4) is 11.1 Å². The first kappa shape index (κ1) is 40.4. The zero-order chi connectivity index (χ0) is 40.0. The predicted molar refractivity (Wildman–Crippen MR) is 211 cm³/mol. The van der Waals surface area contributed by atoms with Crippen molar-refractivity contribution >= 4 is 29.8 Å². The van der Waals surface area contributed by atoms with Gasteiger partial charge in [-0.25, -0.2) is 14.4 Å².